The van der Waals surface area contributed by atoms with E-state index in [0.717, 1.165) is 12.2 Å². The van der Waals surface area contributed by atoms with E-state index in [1.54, 1.807) is 11.3 Å². The van der Waals surface area contributed by atoms with Crippen LogP contribution in [0.4, 0.5) is 0 Å². The lowest BCUT2D eigenvalue weighted by molar-refractivity contribution is 0.183. The lowest BCUT2D eigenvalue weighted by atomic mass is 10.1. The molecule has 0 saturated heterocycles. The van der Waals surface area contributed by atoms with Gasteiger partial charge in [0.25, 0.3) is 0 Å². The molecule has 2 unspecified atom stereocenters. The van der Waals surface area contributed by atoms with Crippen LogP contribution in [0.1, 0.15) is 36.0 Å². The summed E-state index contributed by atoms with van der Waals surface area (Å²) in [5.41, 5.74) is 8.65. The molecule has 0 saturated carbocycles. The number of thiophene rings is 1. The first kappa shape index (κ1) is 14.1. The second-order valence-electron chi connectivity index (χ2n) is 4.86. The standard InChI is InChI=1S/C16H21NOS/c1-4-13-5-7-14(8-6-13)18-15(12(3)17)16-11(2)9-10-19-16/h5-10,12,15H,4,17H2,1-3H3. The Morgan fingerprint density at radius 3 is 2.37 bits per heavy atom. The summed E-state index contributed by atoms with van der Waals surface area (Å²) in [5, 5.41) is 2.09. The van der Waals surface area contributed by atoms with Gasteiger partial charge in [0.1, 0.15) is 11.9 Å². The number of ether oxygens (including phenoxy) is 1. The number of nitrogens with two attached hydrogens (primary N) is 1. The molecule has 3 heteroatoms. The zero-order chi connectivity index (χ0) is 13.8. The molecule has 0 spiro atoms. The van der Waals surface area contributed by atoms with Crippen LogP contribution in [0.5, 0.6) is 5.75 Å². The summed E-state index contributed by atoms with van der Waals surface area (Å²) in [6.07, 6.45) is 0.966. The Morgan fingerprint density at radius 1 is 1.21 bits per heavy atom. The van der Waals surface area contributed by atoms with Crippen molar-refractivity contribution in [1.82, 2.24) is 0 Å². The molecule has 1 aromatic heterocycles. The van der Waals surface area contributed by atoms with Crippen molar-refractivity contribution in [2.24, 2.45) is 5.73 Å². The van der Waals surface area contributed by atoms with E-state index >= 15 is 0 Å². The van der Waals surface area contributed by atoms with Crippen molar-refractivity contribution in [3.63, 3.8) is 0 Å². The highest BCUT2D eigenvalue weighted by Crippen LogP contribution is 2.30. The lowest BCUT2D eigenvalue weighted by Crippen LogP contribution is -2.28. The van der Waals surface area contributed by atoms with E-state index in [9.17, 15) is 0 Å². The van der Waals surface area contributed by atoms with E-state index < -0.39 is 0 Å². The van der Waals surface area contributed by atoms with Crippen LogP contribution in [0.25, 0.3) is 0 Å². The monoisotopic (exact) mass is 275 g/mol. The van der Waals surface area contributed by atoms with E-state index in [4.69, 9.17) is 10.5 Å². The lowest BCUT2D eigenvalue weighted by Gasteiger charge is -2.22. The number of benzene rings is 1. The van der Waals surface area contributed by atoms with Crippen molar-refractivity contribution in [2.45, 2.75) is 39.3 Å². The average Bonchev–Trinajstić information content (AvgIpc) is 2.82. The SMILES string of the molecule is CCc1ccc(OC(c2sccc2C)C(C)N)cc1. The van der Waals surface area contributed by atoms with Crippen molar-refractivity contribution in [2.75, 3.05) is 0 Å². The summed E-state index contributed by atoms with van der Waals surface area (Å²) >= 11 is 1.71. The molecular weight excluding hydrogens is 254 g/mol. The molecule has 2 N–H and O–H groups in total. The Kier molecular flexibility index (Phi) is 4.61. The highest BCUT2D eigenvalue weighted by Gasteiger charge is 2.21. The first-order valence-corrected chi connectivity index (χ1v) is 7.55. The molecular formula is C16H21NOS. The molecule has 2 atom stereocenters. The molecule has 0 amide bonds. The van der Waals surface area contributed by atoms with E-state index in [2.05, 4.69) is 37.4 Å². The first-order chi connectivity index (χ1) is 9.11. The second-order valence-corrected chi connectivity index (χ2v) is 5.81. The predicted molar refractivity (Wildman–Crippen MR) is 81.9 cm³/mol. The van der Waals surface area contributed by atoms with E-state index in [-0.39, 0.29) is 12.1 Å². The number of rotatable bonds is 5. The highest BCUT2D eigenvalue weighted by molar-refractivity contribution is 7.10. The fourth-order valence-corrected chi connectivity index (χ4v) is 3.10. The molecule has 0 aliphatic rings. The normalized spacial score (nSPS) is 14.1. The third kappa shape index (κ3) is 3.37. The Morgan fingerprint density at radius 2 is 1.89 bits per heavy atom. The number of hydrogen-bond acceptors (Lipinski definition) is 3. The third-order valence-corrected chi connectivity index (χ3v) is 4.31. The molecule has 0 aliphatic carbocycles. The molecule has 0 radical (unpaired) electrons. The van der Waals surface area contributed by atoms with Gasteiger partial charge in [0.05, 0.1) is 0 Å². The molecule has 0 fully saturated rings. The van der Waals surface area contributed by atoms with E-state index in [0.29, 0.717) is 0 Å². The molecule has 0 bridgehead atoms. The summed E-state index contributed by atoms with van der Waals surface area (Å²) in [5.74, 6) is 0.882. The van der Waals surface area contributed by atoms with Crippen molar-refractivity contribution in [3.8, 4) is 5.75 Å². The average molecular weight is 275 g/mol. The summed E-state index contributed by atoms with van der Waals surface area (Å²) in [6, 6.07) is 10.3. The van der Waals surface area contributed by atoms with Crippen LogP contribution in [0, 0.1) is 6.92 Å². The summed E-state index contributed by atoms with van der Waals surface area (Å²) in [4.78, 5) is 1.22. The van der Waals surface area contributed by atoms with Gasteiger partial charge in [-0.05, 0) is 55.0 Å². The van der Waals surface area contributed by atoms with Gasteiger partial charge in [0.2, 0.25) is 0 Å². The van der Waals surface area contributed by atoms with Gasteiger partial charge < -0.3 is 10.5 Å². The van der Waals surface area contributed by atoms with Crippen LogP contribution in [0.3, 0.4) is 0 Å². The summed E-state index contributed by atoms with van der Waals surface area (Å²) in [7, 11) is 0. The van der Waals surface area contributed by atoms with Crippen molar-refractivity contribution >= 4 is 11.3 Å². The smallest absolute Gasteiger partial charge is 0.148 e. The number of aryl methyl sites for hydroxylation is 2. The molecule has 19 heavy (non-hydrogen) atoms. The molecule has 1 aromatic carbocycles. The van der Waals surface area contributed by atoms with Crippen molar-refractivity contribution < 1.29 is 4.74 Å². The van der Waals surface area contributed by atoms with Crippen LogP contribution < -0.4 is 10.5 Å². The minimum atomic E-state index is -0.0764. The van der Waals surface area contributed by atoms with Gasteiger partial charge in [-0.15, -0.1) is 11.3 Å². The Balaban J connectivity index is 2.19. The second kappa shape index (κ2) is 6.22. The van der Waals surface area contributed by atoms with Crippen LogP contribution in [-0.4, -0.2) is 6.04 Å². The maximum atomic E-state index is 6.09. The van der Waals surface area contributed by atoms with Crippen LogP contribution in [0.15, 0.2) is 35.7 Å². The molecule has 2 aromatic rings. The minimum absolute atomic E-state index is 0.0387. The van der Waals surface area contributed by atoms with Gasteiger partial charge in [-0.3, -0.25) is 0 Å². The number of hydrogen-bond donors (Lipinski definition) is 1. The molecule has 1 heterocycles. The topological polar surface area (TPSA) is 35.2 Å². The summed E-state index contributed by atoms with van der Waals surface area (Å²) < 4.78 is 6.09. The molecule has 2 nitrogen and oxygen atoms in total. The van der Waals surface area contributed by atoms with Crippen molar-refractivity contribution in [3.05, 3.63) is 51.7 Å². The first-order valence-electron chi connectivity index (χ1n) is 6.67. The van der Waals surface area contributed by atoms with Gasteiger partial charge in [-0.25, -0.2) is 0 Å². The van der Waals surface area contributed by atoms with E-state index in [1.807, 2.05) is 19.1 Å². The third-order valence-electron chi connectivity index (χ3n) is 3.23. The van der Waals surface area contributed by atoms with Gasteiger partial charge in [0.15, 0.2) is 0 Å². The molecule has 0 aliphatic heterocycles. The van der Waals surface area contributed by atoms with Crippen LogP contribution in [-0.2, 0) is 6.42 Å². The predicted octanol–water partition coefficient (Wildman–Crippen LogP) is 4.09. The molecule has 2 rings (SSSR count). The van der Waals surface area contributed by atoms with Gasteiger partial charge in [-0.1, -0.05) is 19.1 Å². The molecule has 102 valence electrons. The summed E-state index contributed by atoms with van der Waals surface area (Å²) in [6.45, 7) is 6.24. The van der Waals surface area contributed by atoms with Crippen molar-refractivity contribution in [1.29, 1.82) is 0 Å². The van der Waals surface area contributed by atoms with Crippen LogP contribution in [0.2, 0.25) is 0 Å². The maximum Gasteiger partial charge on any atom is 0.148 e. The largest absolute Gasteiger partial charge is 0.483 e. The highest BCUT2D eigenvalue weighted by atomic mass is 32.1. The minimum Gasteiger partial charge on any atom is -0.483 e. The zero-order valence-electron chi connectivity index (χ0n) is 11.7. The Bertz CT molecular complexity index is 516. The maximum absolute atomic E-state index is 6.09. The fraction of sp³-hybridized carbons (Fsp3) is 0.375. The van der Waals surface area contributed by atoms with E-state index in [1.165, 1.54) is 16.0 Å². The van der Waals surface area contributed by atoms with Gasteiger partial charge in [0, 0.05) is 10.9 Å². The fourth-order valence-electron chi connectivity index (χ4n) is 2.03. The zero-order valence-corrected chi connectivity index (χ0v) is 12.5. The van der Waals surface area contributed by atoms with Gasteiger partial charge >= 0.3 is 0 Å². The Hall–Kier alpha value is -1.32. The van der Waals surface area contributed by atoms with Crippen LogP contribution >= 0.6 is 11.3 Å². The van der Waals surface area contributed by atoms with Gasteiger partial charge in [-0.2, -0.15) is 0 Å². The Labute approximate surface area is 119 Å². The quantitative estimate of drug-likeness (QED) is 0.892.